The second-order valence-corrected chi connectivity index (χ2v) is 6.77. The molecule has 0 saturated carbocycles. The molecule has 0 bridgehead atoms. The van der Waals surface area contributed by atoms with Crippen molar-refractivity contribution in [3.05, 3.63) is 71.8 Å². The molecule has 0 aliphatic rings. The normalized spacial score (nSPS) is 10.1. The number of rotatable bonds is 5. The minimum Gasteiger partial charge on any atom is -1.00 e. The van der Waals surface area contributed by atoms with Crippen LogP contribution in [0.25, 0.3) is 0 Å². The van der Waals surface area contributed by atoms with Crippen LogP contribution in [-0.2, 0) is 13.1 Å². The predicted molar refractivity (Wildman–Crippen MR) is 95.8 cm³/mol. The van der Waals surface area contributed by atoms with E-state index in [2.05, 4.69) is 95.8 Å². The van der Waals surface area contributed by atoms with E-state index in [4.69, 9.17) is 0 Å². The van der Waals surface area contributed by atoms with Crippen molar-refractivity contribution < 1.29 is 43.3 Å². The Bertz CT molecular complexity index is 514. The molecule has 0 aliphatic carbocycles. The average Bonchev–Trinajstić information content (AvgIpc) is 2.49. The molecule has 0 atom stereocenters. The van der Waals surface area contributed by atoms with Gasteiger partial charge in [0.05, 0.1) is 34.7 Å². The highest BCUT2D eigenvalue weighted by Gasteiger charge is 2.11. The highest BCUT2D eigenvalue weighted by atomic mass is 79.9. The zero-order chi connectivity index (χ0) is 16.4. The van der Waals surface area contributed by atoms with E-state index in [0.29, 0.717) is 0 Å². The Hall–Kier alpha value is -0.680. The first kappa shape index (κ1) is 25.6. The smallest absolute Gasteiger partial charge is 0.104 e. The molecule has 4 heteroatoms. The van der Waals surface area contributed by atoms with Crippen LogP contribution in [0.3, 0.4) is 0 Å². The van der Waals surface area contributed by atoms with E-state index < -0.39 is 0 Å². The Morgan fingerprint density at radius 1 is 0.750 bits per heavy atom. The first-order chi connectivity index (χ1) is 10.4. The molecule has 1 N–H and O–H groups in total. The standard InChI is InChI=1S/C11H18N.C9H13N.2BrH/c1-4-12(2,3)10-11-8-6-5-7-9-11;1-10(2)8-9-6-4-3-5-7-9;;/h5-9H,4,10H2,1-3H3;3-7H,8H2,1-2H3;2*1H/q+1;;;/p-1. The van der Waals surface area contributed by atoms with Gasteiger partial charge in [0.1, 0.15) is 13.1 Å². The molecule has 0 aromatic heterocycles. The molecule has 0 radical (unpaired) electrons. The lowest BCUT2D eigenvalue weighted by Crippen LogP contribution is -3.04. The Labute approximate surface area is 169 Å². The van der Waals surface area contributed by atoms with E-state index >= 15 is 0 Å². The molecule has 0 heterocycles. The Morgan fingerprint density at radius 3 is 1.54 bits per heavy atom. The first-order valence-electron chi connectivity index (χ1n) is 8.12. The number of benzene rings is 2. The minimum absolute atomic E-state index is 0. The van der Waals surface area contributed by atoms with Crippen molar-refractivity contribution in [3.8, 4) is 0 Å². The summed E-state index contributed by atoms with van der Waals surface area (Å²) in [6.45, 7) is 5.63. The maximum atomic E-state index is 2.26. The fourth-order valence-electron chi connectivity index (χ4n) is 2.19. The molecule has 0 aliphatic heterocycles. The van der Waals surface area contributed by atoms with E-state index in [1.165, 1.54) is 22.6 Å². The van der Waals surface area contributed by atoms with E-state index in [-0.39, 0.29) is 34.0 Å². The fourth-order valence-corrected chi connectivity index (χ4v) is 2.19. The summed E-state index contributed by atoms with van der Waals surface area (Å²) < 4.78 is 1.06. The van der Waals surface area contributed by atoms with Crippen LogP contribution in [0.4, 0.5) is 0 Å². The highest BCUT2D eigenvalue weighted by molar-refractivity contribution is 5.13. The minimum atomic E-state index is 0. The van der Waals surface area contributed by atoms with Gasteiger partial charge in [0.25, 0.3) is 0 Å². The molecule has 0 unspecified atom stereocenters. The van der Waals surface area contributed by atoms with Crippen molar-refractivity contribution in [1.82, 2.24) is 0 Å². The van der Waals surface area contributed by atoms with Gasteiger partial charge in [-0.2, -0.15) is 0 Å². The summed E-state index contributed by atoms with van der Waals surface area (Å²) >= 11 is 0. The van der Waals surface area contributed by atoms with E-state index in [1.807, 2.05) is 0 Å². The summed E-state index contributed by atoms with van der Waals surface area (Å²) in [6.07, 6.45) is 0. The quantitative estimate of drug-likeness (QED) is 0.445. The number of hydrogen-bond donors (Lipinski definition) is 1. The van der Waals surface area contributed by atoms with Crippen LogP contribution in [0, 0.1) is 0 Å². The number of hydrogen-bond acceptors (Lipinski definition) is 0. The molecule has 2 rings (SSSR count). The fraction of sp³-hybridized carbons (Fsp3) is 0.400. The third-order valence-corrected chi connectivity index (χ3v) is 3.71. The van der Waals surface area contributed by atoms with Gasteiger partial charge in [0.15, 0.2) is 0 Å². The largest absolute Gasteiger partial charge is 1.00 e. The Kier molecular flexibility index (Phi) is 14.5. The molecule has 0 amide bonds. The molecule has 2 aromatic rings. The predicted octanol–water partition coefficient (Wildman–Crippen LogP) is -3.38. The van der Waals surface area contributed by atoms with Crippen molar-refractivity contribution in [3.63, 3.8) is 0 Å². The van der Waals surface area contributed by atoms with E-state index in [0.717, 1.165) is 17.6 Å². The Morgan fingerprint density at radius 2 is 1.17 bits per heavy atom. The van der Waals surface area contributed by atoms with Crippen LogP contribution in [0.5, 0.6) is 0 Å². The molecule has 136 valence electrons. The van der Waals surface area contributed by atoms with Gasteiger partial charge in [-0.05, 0) is 6.92 Å². The summed E-state index contributed by atoms with van der Waals surface area (Å²) in [5.74, 6) is 0. The number of nitrogens with zero attached hydrogens (tertiary/aromatic N) is 1. The Balaban J connectivity index is 0. The molecular weight excluding hydrogens is 428 g/mol. The summed E-state index contributed by atoms with van der Waals surface area (Å²) in [6, 6.07) is 21.2. The van der Waals surface area contributed by atoms with Crippen LogP contribution in [0.1, 0.15) is 18.1 Å². The monoisotopic (exact) mass is 458 g/mol. The second-order valence-electron chi connectivity index (χ2n) is 6.77. The van der Waals surface area contributed by atoms with Crippen LogP contribution in [0.2, 0.25) is 0 Å². The van der Waals surface area contributed by atoms with Gasteiger partial charge in [-0.15, -0.1) is 0 Å². The van der Waals surface area contributed by atoms with Crippen molar-refractivity contribution in [2.45, 2.75) is 20.0 Å². The van der Waals surface area contributed by atoms with Gasteiger partial charge in [0, 0.05) is 11.1 Å². The first-order valence-corrected chi connectivity index (χ1v) is 8.12. The number of quaternary nitrogens is 2. The molecule has 0 spiro atoms. The van der Waals surface area contributed by atoms with E-state index in [9.17, 15) is 0 Å². The van der Waals surface area contributed by atoms with Crippen molar-refractivity contribution in [1.29, 1.82) is 0 Å². The molecule has 2 aromatic carbocycles. The van der Waals surface area contributed by atoms with Gasteiger partial charge >= 0.3 is 0 Å². The molecular formula is C20H32Br2N2. The SMILES string of the molecule is CC[N+](C)(C)Cc1ccccc1.C[NH+](C)Cc1ccccc1.[Br-].[Br-]. The van der Waals surface area contributed by atoms with Gasteiger partial charge in [-0.25, -0.2) is 0 Å². The highest BCUT2D eigenvalue weighted by Crippen LogP contribution is 2.07. The van der Waals surface area contributed by atoms with Gasteiger partial charge in [-0.3, -0.25) is 0 Å². The maximum Gasteiger partial charge on any atom is 0.104 e. The molecule has 2 nitrogen and oxygen atoms in total. The second kappa shape index (κ2) is 13.6. The number of halogens is 2. The van der Waals surface area contributed by atoms with Crippen molar-refractivity contribution in [2.75, 3.05) is 34.7 Å². The van der Waals surface area contributed by atoms with Crippen LogP contribution >= 0.6 is 0 Å². The van der Waals surface area contributed by atoms with Crippen molar-refractivity contribution in [2.24, 2.45) is 0 Å². The zero-order valence-corrected chi connectivity index (χ0v) is 18.8. The molecule has 24 heavy (non-hydrogen) atoms. The summed E-state index contributed by atoms with van der Waals surface area (Å²) in [4.78, 5) is 1.46. The van der Waals surface area contributed by atoms with Crippen LogP contribution < -0.4 is 38.9 Å². The van der Waals surface area contributed by atoms with Gasteiger partial charge < -0.3 is 43.3 Å². The van der Waals surface area contributed by atoms with Crippen LogP contribution in [0.15, 0.2) is 60.7 Å². The zero-order valence-electron chi connectivity index (χ0n) is 15.6. The number of nitrogens with one attached hydrogen (secondary N) is 1. The summed E-state index contributed by atoms with van der Waals surface area (Å²) in [5, 5.41) is 0. The van der Waals surface area contributed by atoms with Gasteiger partial charge in [0.2, 0.25) is 0 Å². The third-order valence-electron chi connectivity index (χ3n) is 3.71. The third kappa shape index (κ3) is 11.8. The van der Waals surface area contributed by atoms with Crippen LogP contribution in [-0.4, -0.2) is 39.2 Å². The van der Waals surface area contributed by atoms with Gasteiger partial charge in [-0.1, -0.05) is 60.7 Å². The lowest BCUT2D eigenvalue weighted by Gasteiger charge is -2.28. The summed E-state index contributed by atoms with van der Waals surface area (Å²) in [7, 11) is 8.83. The van der Waals surface area contributed by atoms with Crippen molar-refractivity contribution >= 4 is 0 Å². The lowest BCUT2D eigenvalue weighted by molar-refractivity contribution is -0.901. The lowest BCUT2D eigenvalue weighted by atomic mass is 10.2. The molecule has 0 fully saturated rings. The average molecular weight is 460 g/mol. The topological polar surface area (TPSA) is 4.44 Å². The molecule has 0 saturated heterocycles. The summed E-state index contributed by atoms with van der Waals surface area (Å²) in [5.41, 5.74) is 2.83. The maximum absolute atomic E-state index is 2.26. The van der Waals surface area contributed by atoms with E-state index in [1.54, 1.807) is 0 Å².